The molecule has 4 rings (SSSR count). The second kappa shape index (κ2) is 9.49. The highest BCUT2D eigenvalue weighted by Crippen LogP contribution is 2.36. The number of esters is 1. The molecule has 0 aliphatic rings. The molecule has 0 radical (unpaired) electrons. The maximum Gasteiger partial charge on any atom is 0.341 e. The monoisotopic (exact) mass is 448 g/mol. The van der Waals surface area contributed by atoms with E-state index in [1.807, 2.05) is 47.8 Å². The fourth-order valence-electron chi connectivity index (χ4n) is 3.13. The average molecular weight is 449 g/mol. The molecule has 7 nitrogen and oxygen atoms in total. The van der Waals surface area contributed by atoms with Crippen molar-refractivity contribution in [3.8, 4) is 28.2 Å². The van der Waals surface area contributed by atoms with Crippen LogP contribution < -0.4 is 10.1 Å². The van der Waals surface area contributed by atoms with Crippen LogP contribution in [0.2, 0.25) is 0 Å². The molecule has 8 heteroatoms. The molecule has 0 spiro atoms. The number of thiophene rings is 1. The van der Waals surface area contributed by atoms with Crippen molar-refractivity contribution in [1.82, 2.24) is 5.16 Å². The van der Waals surface area contributed by atoms with Crippen molar-refractivity contribution in [3.05, 3.63) is 77.3 Å². The zero-order chi connectivity index (χ0) is 22.5. The maximum atomic E-state index is 12.8. The Hall–Kier alpha value is -3.91. The van der Waals surface area contributed by atoms with Crippen LogP contribution in [0.5, 0.6) is 5.75 Å². The molecule has 162 valence electrons. The minimum absolute atomic E-state index is 0.0975. The van der Waals surface area contributed by atoms with Crippen LogP contribution in [0.4, 0.5) is 5.00 Å². The summed E-state index contributed by atoms with van der Waals surface area (Å²) in [4.78, 5) is 25.5. The molecular formula is C24H20N2O5S. The molecule has 0 bridgehead atoms. The quantitative estimate of drug-likeness (QED) is 0.375. The molecule has 1 N–H and O–H groups in total. The van der Waals surface area contributed by atoms with Crippen LogP contribution in [-0.2, 0) is 4.74 Å². The molecule has 0 saturated heterocycles. The third-order valence-corrected chi connectivity index (χ3v) is 5.60. The highest BCUT2D eigenvalue weighted by molar-refractivity contribution is 7.15. The molecule has 4 aromatic rings. The highest BCUT2D eigenvalue weighted by atomic mass is 32.1. The van der Waals surface area contributed by atoms with E-state index >= 15 is 0 Å². The molecule has 0 aliphatic carbocycles. The lowest BCUT2D eigenvalue weighted by Crippen LogP contribution is -2.15. The normalized spacial score (nSPS) is 10.6. The lowest BCUT2D eigenvalue weighted by Gasteiger charge is -2.08. The van der Waals surface area contributed by atoms with Crippen LogP contribution in [0.25, 0.3) is 22.5 Å². The number of benzene rings is 2. The predicted octanol–water partition coefficient (Wildman–Crippen LogP) is 5.51. The van der Waals surface area contributed by atoms with Gasteiger partial charge in [-0.05, 0) is 36.8 Å². The summed E-state index contributed by atoms with van der Waals surface area (Å²) in [6, 6.07) is 18.2. The first-order chi connectivity index (χ1) is 15.6. The molecular weight excluding hydrogens is 428 g/mol. The summed E-state index contributed by atoms with van der Waals surface area (Å²) >= 11 is 1.25. The van der Waals surface area contributed by atoms with E-state index in [9.17, 15) is 9.59 Å². The Balaban J connectivity index is 1.60. The van der Waals surface area contributed by atoms with E-state index in [-0.39, 0.29) is 12.3 Å². The van der Waals surface area contributed by atoms with Gasteiger partial charge in [-0.2, -0.15) is 0 Å². The highest BCUT2D eigenvalue weighted by Gasteiger charge is 2.24. The summed E-state index contributed by atoms with van der Waals surface area (Å²) in [6.45, 7) is 1.96. The molecule has 0 fully saturated rings. The second-order valence-electron chi connectivity index (χ2n) is 6.70. The van der Waals surface area contributed by atoms with Gasteiger partial charge in [-0.25, -0.2) is 4.79 Å². The fourth-order valence-corrected chi connectivity index (χ4v) is 4.08. The van der Waals surface area contributed by atoms with Crippen molar-refractivity contribution in [2.24, 2.45) is 0 Å². The standard InChI is InChI=1S/C24H20N2O5S/c1-3-30-24(28)21-18(15-7-5-4-6-8-15)14-32-23(21)25-22(27)19-13-20(31-26-19)16-9-11-17(29-2)12-10-16/h4-14H,3H2,1-2H3,(H,25,27). The number of anilines is 1. The molecule has 0 aliphatic heterocycles. The zero-order valence-electron chi connectivity index (χ0n) is 17.5. The van der Waals surface area contributed by atoms with Gasteiger partial charge in [0.25, 0.3) is 5.91 Å². The van der Waals surface area contributed by atoms with E-state index in [1.165, 1.54) is 11.3 Å². The molecule has 2 aromatic carbocycles. The summed E-state index contributed by atoms with van der Waals surface area (Å²) in [7, 11) is 1.59. The smallest absolute Gasteiger partial charge is 0.341 e. The first-order valence-corrected chi connectivity index (χ1v) is 10.7. The lowest BCUT2D eigenvalue weighted by atomic mass is 10.0. The van der Waals surface area contributed by atoms with Gasteiger partial charge in [0.1, 0.15) is 16.3 Å². The first kappa shape index (κ1) is 21.3. The molecule has 2 aromatic heterocycles. The number of hydrogen-bond acceptors (Lipinski definition) is 7. The van der Waals surface area contributed by atoms with E-state index in [0.29, 0.717) is 27.6 Å². The Bertz CT molecular complexity index is 1230. The average Bonchev–Trinajstić information content (AvgIpc) is 3.48. The predicted molar refractivity (Wildman–Crippen MR) is 122 cm³/mol. The van der Waals surface area contributed by atoms with Gasteiger partial charge in [-0.15, -0.1) is 11.3 Å². The third-order valence-electron chi connectivity index (χ3n) is 4.70. The Labute approximate surface area is 188 Å². The summed E-state index contributed by atoms with van der Waals surface area (Å²) in [5.74, 6) is 0.173. The number of rotatable bonds is 7. The minimum atomic E-state index is -0.498. The fraction of sp³-hybridized carbons (Fsp3) is 0.125. The number of carbonyl (C=O) groups is 2. The van der Waals surface area contributed by atoms with Crippen LogP contribution in [0.1, 0.15) is 27.8 Å². The molecule has 32 heavy (non-hydrogen) atoms. The minimum Gasteiger partial charge on any atom is -0.497 e. The van der Waals surface area contributed by atoms with Crippen molar-refractivity contribution in [2.45, 2.75) is 6.92 Å². The van der Waals surface area contributed by atoms with Gasteiger partial charge in [0.05, 0.1) is 13.7 Å². The van der Waals surface area contributed by atoms with Crippen LogP contribution in [0.15, 0.2) is 70.6 Å². The van der Waals surface area contributed by atoms with Crippen molar-refractivity contribution >= 4 is 28.2 Å². The van der Waals surface area contributed by atoms with Gasteiger partial charge in [0.2, 0.25) is 0 Å². The largest absolute Gasteiger partial charge is 0.497 e. The van der Waals surface area contributed by atoms with Crippen LogP contribution in [-0.4, -0.2) is 30.7 Å². The van der Waals surface area contributed by atoms with Gasteiger partial charge >= 0.3 is 5.97 Å². The Kier molecular flexibility index (Phi) is 6.32. The van der Waals surface area contributed by atoms with Crippen molar-refractivity contribution in [3.63, 3.8) is 0 Å². The van der Waals surface area contributed by atoms with Gasteiger partial charge in [-0.1, -0.05) is 35.5 Å². The van der Waals surface area contributed by atoms with E-state index in [0.717, 1.165) is 11.1 Å². The number of nitrogens with one attached hydrogen (secondary N) is 1. The van der Waals surface area contributed by atoms with Gasteiger partial charge in [0, 0.05) is 22.6 Å². The second-order valence-corrected chi connectivity index (χ2v) is 7.58. The van der Waals surface area contributed by atoms with Gasteiger partial charge in [0.15, 0.2) is 11.5 Å². The molecule has 1 amide bonds. The lowest BCUT2D eigenvalue weighted by molar-refractivity contribution is 0.0529. The van der Waals surface area contributed by atoms with E-state index in [4.69, 9.17) is 14.0 Å². The molecule has 0 unspecified atom stereocenters. The summed E-state index contributed by atoms with van der Waals surface area (Å²) in [5.41, 5.74) is 2.72. The Morgan fingerprint density at radius 1 is 1.06 bits per heavy atom. The van der Waals surface area contributed by atoms with E-state index in [2.05, 4.69) is 10.5 Å². The number of methoxy groups -OCH3 is 1. The van der Waals surface area contributed by atoms with Crippen LogP contribution in [0.3, 0.4) is 0 Å². The summed E-state index contributed by atoms with van der Waals surface area (Å²) < 4.78 is 15.7. The number of amides is 1. The van der Waals surface area contributed by atoms with Crippen LogP contribution in [0, 0.1) is 0 Å². The number of aromatic nitrogens is 1. The van der Waals surface area contributed by atoms with Crippen molar-refractivity contribution in [1.29, 1.82) is 0 Å². The van der Waals surface area contributed by atoms with E-state index in [1.54, 1.807) is 32.2 Å². The van der Waals surface area contributed by atoms with Crippen LogP contribution >= 0.6 is 11.3 Å². The molecule has 0 saturated carbocycles. The Morgan fingerprint density at radius 3 is 2.50 bits per heavy atom. The Morgan fingerprint density at radius 2 is 1.81 bits per heavy atom. The third kappa shape index (κ3) is 4.40. The number of nitrogens with zero attached hydrogens (tertiary/aromatic N) is 1. The number of hydrogen-bond donors (Lipinski definition) is 1. The first-order valence-electron chi connectivity index (χ1n) is 9.87. The topological polar surface area (TPSA) is 90.7 Å². The maximum absolute atomic E-state index is 12.8. The van der Waals surface area contributed by atoms with Crippen molar-refractivity contribution < 1.29 is 23.6 Å². The van der Waals surface area contributed by atoms with E-state index < -0.39 is 11.9 Å². The number of carbonyl (C=O) groups excluding carboxylic acids is 2. The summed E-state index contributed by atoms with van der Waals surface area (Å²) in [5, 5.41) is 8.87. The van der Waals surface area contributed by atoms with Gasteiger partial charge in [-0.3, -0.25) is 4.79 Å². The number of ether oxygens (including phenoxy) is 2. The van der Waals surface area contributed by atoms with Crippen molar-refractivity contribution in [2.75, 3.05) is 19.0 Å². The zero-order valence-corrected chi connectivity index (χ0v) is 18.3. The molecule has 0 atom stereocenters. The summed E-state index contributed by atoms with van der Waals surface area (Å²) in [6.07, 6.45) is 0. The van der Waals surface area contributed by atoms with Gasteiger partial charge < -0.3 is 19.3 Å². The SMILES string of the molecule is CCOC(=O)c1c(-c2ccccc2)csc1NC(=O)c1cc(-c2ccc(OC)cc2)on1. The molecule has 2 heterocycles.